The van der Waals surface area contributed by atoms with Crippen LogP contribution in [0.1, 0.15) is 19.3 Å². The molecule has 43 heavy (non-hydrogen) atoms. The second-order valence-electron chi connectivity index (χ2n) is 8.55. The fourth-order valence-electron chi connectivity index (χ4n) is 3.14. The van der Waals surface area contributed by atoms with Gasteiger partial charge in [0.2, 0.25) is 0 Å². The molecule has 1 saturated heterocycles. The quantitative estimate of drug-likeness (QED) is 0.153. The highest BCUT2D eigenvalue weighted by molar-refractivity contribution is 7.96. The van der Waals surface area contributed by atoms with Crippen LogP contribution in [0.5, 0.6) is 5.75 Å². The van der Waals surface area contributed by atoms with Crippen LogP contribution in [0.3, 0.4) is 0 Å². The number of rotatable bonds is 9. The molecule has 23 heteroatoms. The molecule has 0 amide bonds. The summed E-state index contributed by atoms with van der Waals surface area (Å²) in [4.78, 5) is 1.52. The van der Waals surface area contributed by atoms with Crippen molar-refractivity contribution in [3.8, 4) is 5.75 Å². The highest BCUT2D eigenvalue weighted by Crippen LogP contribution is 2.64. The molecule has 0 aromatic heterocycles. The van der Waals surface area contributed by atoms with Gasteiger partial charge in [0.05, 0.1) is 7.11 Å². The summed E-state index contributed by atoms with van der Waals surface area (Å²) in [6.07, 6.45) is -3.64. The van der Waals surface area contributed by atoms with Crippen molar-refractivity contribution in [3.05, 3.63) is 24.3 Å². The van der Waals surface area contributed by atoms with Crippen molar-refractivity contribution in [2.24, 2.45) is 0 Å². The van der Waals surface area contributed by atoms with Gasteiger partial charge in [0.15, 0.2) is 15.0 Å². The standard InChI is InChI=1S/C12H17OS.C8HF17O3S/c1-13-11-5-7-12(8-6-11)14-9-3-2-4-10-14;9-1(10,3(13,14)5(17,18)7(21,22)23)2(11,12)4(15,16)6(19,20)8(24,25)29(26,27)28/h5-8H,2-4,9-10H2,1H3;(H,26,27,28)/q+1;/p-1. The van der Waals surface area contributed by atoms with Gasteiger partial charge in [0.25, 0.3) is 0 Å². The first kappa shape index (κ1) is 39.1. The van der Waals surface area contributed by atoms with E-state index in [1.165, 1.54) is 35.7 Å². The molecule has 1 aliphatic rings. The topological polar surface area (TPSA) is 66.4 Å². The number of alkyl halides is 17. The second-order valence-corrected chi connectivity index (χ2v) is 12.2. The number of halogens is 17. The lowest BCUT2D eigenvalue weighted by atomic mass is 9.91. The van der Waals surface area contributed by atoms with E-state index >= 15 is 0 Å². The van der Waals surface area contributed by atoms with E-state index in [9.17, 15) is 87.6 Å². The molecule has 0 aliphatic carbocycles. The third kappa shape index (κ3) is 6.57. The smallest absolute Gasteiger partial charge is 0.460 e. The van der Waals surface area contributed by atoms with Crippen LogP contribution in [0.15, 0.2) is 29.2 Å². The minimum absolute atomic E-state index is 0.526. The van der Waals surface area contributed by atoms with Gasteiger partial charge in [-0.25, -0.2) is 8.42 Å². The Kier molecular flexibility index (Phi) is 11.0. The first-order chi connectivity index (χ1) is 18.9. The molecule has 0 N–H and O–H groups in total. The highest BCUT2D eigenvalue weighted by atomic mass is 32.2. The van der Waals surface area contributed by atoms with Crippen LogP contribution in [0, 0.1) is 0 Å². The molecule has 4 nitrogen and oxygen atoms in total. The molecule has 1 aromatic rings. The third-order valence-electron chi connectivity index (χ3n) is 5.68. The predicted octanol–water partition coefficient (Wildman–Crippen LogP) is 7.35. The van der Waals surface area contributed by atoms with Gasteiger partial charge < -0.3 is 9.29 Å². The van der Waals surface area contributed by atoms with E-state index in [-0.39, 0.29) is 0 Å². The van der Waals surface area contributed by atoms with Crippen LogP contribution in [0.2, 0.25) is 0 Å². The Bertz CT molecular complexity index is 1190. The van der Waals surface area contributed by atoms with Crippen LogP contribution in [-0.4, -0.2) is 78.6 Å². The Morgan fingerprint density at radius 3 is 1.28 bits per heavy atom. The van der Waals surface area contributed by atoms with Crippen LogP contribution in [-0.2, 0) is 21.0 Å². The average molecular weight is 708 g/mol. The summed E-state index contributed by atoms with van der Waals surface area (Å²) in [5.74, 6) is -48.4. The highest BCUT2D eigenvalue weighted by Gasteiger charge is 2.95. The van der Waals surface area contributed by atoms with Crippen molar-refractivity contribution in [2.45, 2.75) is 71.1 Å². The summed E-state index contributed by atoms with van der Waals surface area (Å²) in [7, 11) is -5.90. The average Bonchev–Trinajstić information content (AvgIpc) is 2.87. The van der Waals surface area contributed by atoms with Crippen molar-refractivity contribution < 1.29 is 92.3 Å². The van der Waals surface area contributed by atoms with Crippen LogP contribution in [0.25, 0.3) is 0 Å². The largest absolute Gasteiger partial charge is 0.743 e. The lowest BCUT2D eigenvalue weighted by molar-refractivity contribution is -0.458. The number of benzene rings is 1. The van der Waals surface area contributed by atoms with E-state index in [1.807, 2.05) is 0 Å². The summed E-state index contributed by atoms with van der Waals surface area (Å²) < 4.78 is 249. The van der Waals surface area contributed by atoms with Gasteiger partial charge in [-0.2, -0.15) is 74.6 Å². The predicted molar refractivity (Wildman–Crippen MR) is 113 cm³/mol. The van der Waals surface area contributed by atoms with Gasteiger partial charge in [-0.3, -0.25) is 0 Å². The Labute approximate surface area is 233 Å². The molecule has 0 saturated carbocycles. The molecule has 0 radical (unpaired) electrons. The van der Waals surface area contributed by atoms with Gasteiger partial charge in [0.1, 0.15) is 17.3 Å². The molecular formula is C20H17F17O4S2. The first-order valence-electron chi connectivity index (χ1n) is 10.9. The SMILES string of the molecule is COc1ccc([S+]2CCCCC2)cc1.O=S(=O)([O-])C(F)(F)C(F)(F)C(F)(F)C(F)(F)C(F)(F)C(F)(F)C(F)(F)C(F)(F)F. The summed E-state index contributed by atoms with van der Waals surface area (Å²) in [5, 5.41) is -7.95. The van der Waals surface area contributed by atoms with E-state index in [0.29, 0.717) is 10.9 Å². The monoisotopic (exact) mass is 708 g/mol. The van der Waals surface area contributed by atoms with Crippen LogP contribution >= 0.6 is 0 Å². The summed E-state index contributed by atoms with van der Waals surface area (Å²) in [6.45, 7) is 0. The molecule has 1 aromatic carbocycles. The zero-order chi connectivity index (χ0) is 34.3. The van der Waals surface area contributed by atoms with E-state index in [2.05, 4.69) is 24.3 Å². The molecule has 0 unspecified atom stereocenters. The van der Waals surface area contributed by atoms with Crippen LogP contribution in [0.4, 0.5) is 74.6 Å². The maximum atomic E-state index is 13.0. The Morgan fingerprint density at radius 2 is 0.953 bits per heavy atom. The number of ether oxygens (including phenoxy) is 1. The van der Waals surface area contributed by atoms with Crippen molar-refractivity contribution in [2.75, 3.05) is 18.6 Å². The third-order valence-corrected chi connectivity index (χ3v) is 9.07. The van der Waals surface area contributed by atoms with Gasteiger partial charge in [0, 0.05) is 10.9 Å². The van der Waals surface area contributed by atoms with E-state index in [4.69, 9.17) is 4.74 Å². The lowest BCUT2D eigenvalue weighted by Gasteiger charge is -2.42. The lowest BCUT2D eigenvalue weighted by Crippen LogP contribution is -2.75. The Morgan fingerprint density at radius 1 is 0.605 bits per heavy atom. The van der Waals surface area contributed by atoms with Gasteiger partial charge in [-0.1, -0.05) is 0 Å². The first-order valence-corrected chi connectivity index (χ1v) is 13.9. The number of hydrogen-bond donors (Lipinski definition) is 0. The molecular weight excluding hydrogens is 691 g/mol. The summed E-state index contributed by atoms with van der Waals surface area (Å²) in [5.41, 5.74) is 0. The number of methoxy groups -OCH3 is 1. The maximum absolute atomic E-state index is 13.0. The van der Waals surface area contributed by atoms with Gasteiger partial charge in [-0.15, -0.1) is 0 Å². The van der Waals surface area contributed by atoms with Crippen molar-refractivity contribution in [3.63, 3.8) is 0 Å². The number of hydrogen-bond acceptors (Lipinski definition) is 4. The summed E-state index contributed by atoms with van der Waals surface area (Å²) in [6, 6.07) is 8.62. The van der Waals surface area contributed by atoms with Crippen molar-refractivity contribution >= 4 is 21.0 Å². The van der Waals surface area contributed by atoms with Crippen LogP contribution < -0.4 is 4.74 Å². The normalized spacial score (nSPS) is 17.3. The molecule has 0 bridgehead atoms. The van der Waals surface area contributed by atoms with Gasteiger partial charge in [-0.05, 0) is 43.5 Å². The summed E-state index contributed by atoms with van der Waals surface area (Å²) >= 11 is 0. The van der Waals surface area contributed by atoms with Crippen molar-refractivity contribution in [1.82, 2.24) is 0 Å². The molecule has 1 heterocycles. The minimum Gasteiger partial charge on any atom is -0.743 e. The fraction of sp³-hybridized carbons (Fsp3) is 0.700. The zero-order valence-electron chi connectivity index (χ0n) is 20.7. The second kappa shape index (κ2) is 12.1. The van der Waals surface area contributed by atoms with E-state index < -0.39 is 57.1 Å². The maximum Gasteiger partial charge on any atom is 0.460 e. The Balaban J connectivity index is 0.000000541. The molecule has 2 rings (SSSR count). The van der Waals surface area contributed by atoms with E-state index in [0.717, 1.165) is 5.75 Å². The molecule has 1 fully saturated rings. The minimum atomic E-state index is -8.92. The van der Waals surface area contributed by atoms with Crippen molar-refractivity contribution in [1.29, 1.82) is 0 Å². The van der Waals surface area contributed by atoms with Gasteiger partial charge >= 0.3 is 47.0 Å². The molecule has 1 aliphatic heterocycles. The zero-order valence-corrected chi connectivity index (χ0v) is 22.4. The fourth-order valence-corrected chi connectivity index (χ4v) is 5.89. The van der Waals surface area contributed by atoms with E-state index in [1.54, 1.807) is 7.11 Å². The molecule has 252 valence electrons. The Hall–Kier alpha value is -1.91. The molecule has 0 atom stereocenters. The molecule has 0 spiro atoms.